The number of anilines is 3. The van der Waals surface area contributed by atoms with Crippen LogP contribution in [0, 0.1) is 0 Å². The van der Waals surface area contributed by atoms with Crippen molar-refractivity contribution in [2.45, 2.75) is 0 Å². The van der Waals surface area contributed by atoms with Gasteiger partial charge in [-0.2, -0.15) is 0 Å². The highest BCUT2D eigenvalue weighted by Crippen LogP contribution is 2.41. The second-order valence-corrected chi connectivity index (χ2v) is 14.6. The molecule has 0 saturated carbocycles. The molecule has 0 spiro atoms. The molecule has 10 rings (SSSR count). The quantitative estimate of drug-likeness (QED) is 0.141. The summed E-state index contributed by atoms with van der Waals surface area (Å²) in [5, 5.41) is 4.98. The van der Waals surface area contributed by atoms with Gasteiger partial charge in [-0.25, -0.2) is 0 Å². The van der Waals surface area contributed by atoms with Crippen LogP contribution in [0.25, 0.3) is 77.2 Å². The zero-order valence-corrected chi connectivity index (χ0v) is 31.5. The van der Waals surface area contributed by atoms with E-state index in [-0.39, 0.29) is 0 Å². The molecule has 0 unspecified atom stereocenters. The van der Waals surface area contributed by atoms with Gasteiger partial charge in [-0.15, -0.1) is 0 Å². The molecule has 268 valence electrons. The van der Waals surface area contributed by atoms with Gasteiger partial charge in [0.05, 0.1) is 0 Å². The van der Waals surface area contributed by atoms with Crippen molar-refractivity contribution >= 4 is 38.6 Å². The largest absolute Gasteiger partial charge is 0.310 e. The van der Waals surface area contributed by atoms with Gasteiger partial charge in [-0.1, -0.05) is 194 Å². The van der Waals surface area contributed by atoms with E-state index in [9.17, 15) is 0 Å². The summed E-state index contributed by atoms with van der Waals surface area (Å²) < 4.78 is 0. The van der Waals surface area contributed by atoms with Gasteiger partial charge in [0.15, 0.2) is 0 Å². The second-order valence-electron chi connectivity index (χ2n) is 14.6. The third-order valence-corrected chi connectivity index (χ3v) is 11.1. The molecule has 0 aromatic heterocycles. The van der Waals surface area contributed by atoms with Crippen LogP contribution in [0.1, 0.15) is 0 Å². The Kier molecular flexibility index (Phi) is 8.95. The normalized spacial score (nSPS) is 11.2. The van der Waals surface area contributed by atoms with Crippen LogP contribution >= 0.6 is 0 Å². The molecule has 0 N–H and O–H groups in total. The molecule has 0 atom stereocenters. The lowest BCUT2D eigenvalue weighted by molar-refractivity contribution is 1.29. The van der Waals surface area contributed by atoms with Crippen molar-refractivity contribution < 1.29 is 0 Å². The molecule has 0 aliphatic heterocycles. The Labute approximate surface area is 334 Å². The maximum absolute atomic E-state index is 2.38. The van der Waals surface area contributed by atoms with Crippen molar-refractivity contribution in [3.8, 4) is 55.6 Å². The van der Waals surface area contributed by atoms with Crippen LogP contribution < -0.4 is 4.90 Å². The van der Waals surface area contributed by atoms with E-state index >= 15 is 0 Å². The van der Waals surface area contributed by atoms with Gasteiger partial charge in [-0.05, 0) is 120 Å². The molecule has 0 aliphatic rings. The van der Waals surface area contributed by atoms with Gasteiger partial charge in [0.1, 0.15) is 0 Å². The Morgan fingerprint density at radius 2 is 0.596 bits per heavy atom. The standard InChI is InChI=1S/C56H39N/c1-4-12-40(13-5-1)43-20-22-46(23-21-43)54-37-31-49(42-16-8-3-9-17-42)38-55(54)48-28-34-51(35-29-48)57(50-32-26-44(27-33-50)41-14-6-2-7-15-41)52-36-30-47-25-24-45-18-10-11-19-53(45)56(47)39-52/h1-39H. The minimum atomic E-state index is 1.10. The van der Waals surface area contributed by atoms with E-state index in [0.29, 0.717) is 0 Å². The van der Waals surface area contributed by atoms with Gasteiger partial charge < -0.3 is 4.90 Å². The third-order valence-electron chi connectivity index (χ3n) is 11.1. The van der Waals surface area contributed by atoms with Gasteiger partial charge >= 0.3 is 0 Å². The third kappa shape index (κ3) is 6.77. The topological polar surface area (TPSA) is 3.24 Å². The van der Waals surface area contributed by atoms with Crippen LogP contribution in [0.3, 0.4) is 0 Å². The first kappa shape index (κ1) is 34.0. The molecule has 10 aromatic carbocycles. The molecule has 0 radical (unpaired) electrons. The SMILES string of the molecule is c1ccc(-c2ccc(-c3ccc(-c4ccccc4)cc3-c3ccc(N(c4ccc(-c5ccccc5)cc4)c4ccc5ccc6ccccc6c5c4)cc3)cc2)cc1. The van der Waals surface area contributed by atoms with Gasteiger partial charge in [0.2, 0.25) is 0 Å². The van der Waals surface area contributed by atoms with Gasteiger partial charge in [0, 0.05) is 17.1 Å². The number of hydrogen-bond donors (Lipinski definition) is 0. The van der Waals surface area contributed by atoms with Crippen molar-refractivity contribution in [2.24, 2.45) is 0 Å². The summed E-state index contributed by atoms with van der Waals surface area (Å²) in [5.41, 5.74) is 15.3. The summed E-state index contributed by atoms with van der Waals surface area (Å²) in [6, 6.07) is 85.7. The lowest BCUT2D eigenvalue weighted by Crippen LogP contribution is -2.10. The summed E-state index contributed by atoms with van der Waals surface area (Å²) in [5.74, 6) is 0. The molecule has 0 saturated heterocycles. The maximum atomic E-state index is 2.38. The first-order valence-corrected chi connectivity index (χ1v) is 19.6. The molecular formula is C56H39N. The van der Waals surface area contributed by atoms with Crippen molar-refractivity contribution in [1.29, 1.82) is 0 Å². The molecular weight excluding hydrogens is 687 g/mol. The molecule has 1 nitrogen and oxygen atoms in total. The summed E-state index contributed by atoms with van der Waals surface area (Å²) >= 11 is 0. The van der Waals surface area contributed by atoms with Crippen molar-refractivity contribution in [2.75, 3.05) is 4.90 Å². The summed E-state index contributed by atoms with van der Waals surface area (Å²) in [4.78, 5) is 2.38. The number of rotatable bonds is 8. The fourth-order valence-electron chi connectivity index (χ4n) is 8.12. The average Bonchev–Trinajstić information content (AvgIpc) is 3.30. The maximum Gasteiger partial charge on any atom is 0.0468 e. The Bertz CT molecular complexity index is 2950. The fourth-order valence-corrected chi connectivity index (χ4v) is 8.12. The van der Waals surface area contributed by atoms with Crippen LogP contribution in [-0.4, -0.2) is 0 Å². The van der Waals surface area contributed by atoms with E-state index in [1.807, 2.05) is 0 Å². The van der Waals surface area contributed by atoms with Crippen molar-refractivity contribution in [3.63, 3.8) is 0 Å². The van der Waals surface area contributed by atoms with Crippen LogP contribution in [0.2, 0.25) is 0 Å². The smallest absolute Gasteiger partial charge is 0.0468 e. The molecule has 0 fully saturated rings. The molecule has 0 bridgehead atoms. The Morgan fingerprint density at radius 3 is 1.19 bits per heavy atom. The lowest BCUT2D eigenvalue weighted by Gasteiger charge is -2.26. The number of benzene rings is 10. The number of hydrogen-bond acceptors (Lipinski definition) is 1. The van der Waals surface area contributed by atoms with E-state index in [4.69, 9.17) is 0 Å². The first-order chi connectivity index (χ1) is 28.2. The van der Waals surface area contributed by atoms with Crippen LogP contribution in [-0.2, 0) is 0 Å². The van der Waals surface area contributed by atoms with Gasteiger partial charge in [-0.3, -0.25) is 0 Å². The number of nitrogens with zero attached hydrogens (tertiary/aromatic N) is 1. The van der Waals surface area contributed by atoms with E-state index in [1.165, 1.54) is 77.2 Å². The fraction of sp³-hybridized carbons (Fsp3) is 0. The highest BCUT2D eigenvalue weighted by atomic mass is 15.1. The van der Waals surface area contributed by atoms with Gasteiger partial charge in [0.25, 0.3) is 0 Å². The van der Waals surface area contributed by atoms with Crippen molar-refractivity contribution in [3.05, 3.63) is 237 Å². The molecule has 0 aliphatic carbocycles. The highest BCUT2D eigenvalue weighted by molar-refractivity contribution is 6.09. The predicted octanol–water partition coefficient (Wildman–Crippen LogP) is 15.8. The van der Waals surface area contributed by atoms with E-state index < -0.39 is 0 Å². The highest BCUT2D eigenvalue weighted by Gasteiger charge is 2.16. The number of fused-ring (bicyclic) bond motifs is 3. The summed E-state index contributed by atoms with van der Waals surface area (Å²) in [6.45, 7) is 0. The summed E-state index contributed by atoms with van der Waals surface area (Å²) in [7, 11) is 0. The Hall–Kier alpha value is -7.48. The summed E-state index contributed by atoms with van der Waals surface area (Å²) in [6.07, 6.45) is 0. The monoisotopic (exact) mass is 725 g/mol. The van der Waals surface area contributed by atoms with Crippen molar-refractivity contribution in [1.82, 2.24) is 0 Å². The molecule has 1 heteroatoms. The zero-order chi connectivity index (χ0) is 38.0. The van der Waals surface area contributed by atoms with E-state index in [0.717, 1.165) is 17.1 Å². The zero-order valence-electron chi connectivity index (χ0n) is 31.5. The Balaban J connectivity index is 1.08. The van der Waals surface area contributed by atoms with E-state index in [2.05, 4.69) is 241 Å². The lowest BCUT2D eigenvalue weighted by atomic mass is 9.90. The molecule has 10 aromatic rings. The Morgan fingerprint density at radius 1 is 0.211 bits per heavy atom. The predicted molar refractivity (Wildman–Crippen MR) is 243 cm³/mol. The average molecular weight is 726 g/mol. The van der Waals surface area contributed by atoms with Crippen LogP contribution in [0.5, 0.6) is 0 Å². The molecule has 0 heterocycles. The first-order valence-electron chi connectivity index (χ1n) is 19.6. The minimum Gasteiger partial charge on any atom is -0.310 e. The molecule has 0 amide bonds. The van der Waals surface area contributed by atoms with Crippen LogP contribution in [0.4, 0.5) is 17.1 Å². The van der Waals surface area contributed by atoms with E-state index in [1.54, 1.807) is 0 Å². The molecule has 57 heavy (non-hydrogen) atoms. The minimum absolute atomic E-state index is 1.10. The second kappa shape index (κ2) is 15.0. The van der Waals surface area contributed by atoms with Crippen LogP contribution in [0.15, 0.2) is 237 Å².